The second-order valence-corrected chi connectivity index (χ2v) is 1.82. The van der Waals surface area contributed by atoms with E-state index >= 15 is 0 Å². The second-order valence-electron chi connectivity index (χ2n) is 1.82. The fourth-order valence-corrected chi connectivity index (χ4v) is 0.444. The Kier molecular flexibility index (Phi) is 2.38. The SMILES string of the molecule is O=C1/C=C\C(=O)OC(=O)C(=O)OO1. The summed E-state index contributed by atoms with van der Waals surface area (Å²) in [5.41, 5.74) is 0. The minimum atomic E-state index is -1.58. The molecule has 0 spiro atoms. The fourth-order valence-electron chi connectivity index (χ4n) is 0.444. The van der Waals surface area contributed by atoms with Crippen molar-refractivity contribution in [2.24, 2.45) is 0 Å². The van der Waals surface area contributed by atoms with Crippen LogP contribution < -0.4 is 0 Å². The van der Waals surface area contributed by atoms with Crippen molar-refractivity contribution in [3.8, 4) is 0 Å². The van der Waals surface area contributed by atoms with Gasteiger partial charge in [0.1, 0.15) is 0 Å². The second kappa shape index (κ2) is 3.48. The molecule has 0 aromatic rings. The molecule has 0 saturated heterocycles. The number of ether oxygens (including phenoxy) is 1. The van der Waals surface area contributed by atoms with Gasteiger partial charge in [0.15, 0.2) is 0 Å². The van der Waals surface area contributed by atoms with Crippen LogP contribution >= 0.6 is 0 Å². The van der Waals surface area contributed by atoms with Gasteiger partial charge in [-0.15, -0.1) is 0 Å². The summed E-state index contributed by atoms with van der Waals surface area (Å²) in [6.45, 7) is 0. The molecule has 0 amide bonds. The smallest absolute Gasteiger partial charge is 0.381 e. The highest BCUT2D eigenvalue weighted by atomic mass is 17.2. The Morgan fingerprint density at radius 3 is 2.08 bits per heavy atom. The lowest BCUT2D eigenvalue weighted by Crippen LogP contribution is -2.22. The lowest BCUT2D eigenvalue weighted by Gasteiger charge is -1.96. The summed E-state index contributed by atoms with van der Waals surface area (Å²) in [4.78, 5) is 49.4. The molecule has 1 aliphatic rings. The predicted octanol–water partition coefficient (Wildman–Crippen LogP) is -1.37. The molecule has 0 atom stereocenters. The molecule has 1 aliphatic heterocycles. The molecule has 0 aromatic carbocycles. The summed E-state index contributed by atoms with van der Waals surface area (Å²) in [7, 11) is 0. The first-order chi connectivity index (χ1) is 6.09. The van der Waals surface area contributed by atoms with E-state index < -0.39 is 23.9 Å². The molecule has 7 nitrogen and oxygen atoms in total. The van der Waals surface area contributed by atoms with E-state index in [4.69, 9.17) is 0 Å². The van der Waals surface area contributed by atoms with Gasteiger partial charge < -0.3 is 4.74 Å². The Balaban J connectivity index is 2.82. The Morgan fingerprint density at radius 2 is 1.38 bits per heavy atom. The molecule has 7 heteroatoms. The number of rotatable bonds is 0. The summed E-state index contributed by atoms with van der Waals surface area (Å²) < 4.78 is 3.86. The Labute approximate surface area is 70.8 Å². The van der Waals surface area contributed by atoms with Crippen molar-refractivity contribution in [1.82, 2.24) is 0 Å². The van der Waals surface area contributed by atoms with Crippen molar-refractivity contribution < 1.29 is 33.7 Å². The predicted molar refractivity (Wildman–Crippen MR) is 32.4 cm³/mol. The lowest BCUT2D eigenvalue weighted by molar-refractivity contribution is -0.254. The summed E-state index contributed by atoms with van der Waals surface area (Å²) >= 11 is 0. The first kappa shape index (κ1) is 8.91. The van der Waals surface area contributed by atoms with Crippen molar-refractivity contribution in [3.63, 3.8) is 0 Å². The zero-order valence-corrected chi connectivity index (χ0v) is 6.01. The highest BCUT2D eigenvalue weighted by Crippen LogP contribution is 1.94. The number of hydrogen-bond donors (Lipinski definition) is 0. The van der Waals surface area contributed by atoms with E-state index in [0.717, 1.165) is 0 Å². The van der Waals surface area contributed by atoms with Crippen LogP contribution in [0.1, 0.15) is 0 Å². The van der Waals surface area contributed by atoms with Crippen molar-refractivity contribution in [3.05, 3.63) is 12.2 Å². The normalized spacial score (nSPS) is 20.3. The monoisotopic (exact) mass is 186 g/mol. The molecule has 0 aromatic heterocycles. The maximum absolute atomic E-state index is 10.5. The van der Waals surface area contributed by atoms with Crippen LogP contribution in [0.2, 0.25) is 0 Å². The number of carbonyl (C=O) groups excluding carboxylic acids is 4. The highest BCUT2D eigenvalue weighted by Gasteiger charge is 2.24. The number of esters is 2. The molecule has 13 heavy (non-hydrogen) atoms. The molecule has 0 bridgehead atoms. The summed E-state index contributed by atoms with van der Waals surface area (Å²) in [5, 5.41) is 0. The van der Waals surface area contributed by atoms with Crippen molar-refractivity contribution in [2.45, 2.75) is 0 Å². The highest BCUT2D eigenvalue weighted by molar-refractivity contribution is 6.32. The first-order valence-corrected chi connectivity index (χ1v) is 2.96. The minimum absolute atomic E-state index is 0.627. The molecule has 0 fully saturated rings. The molecule has 1 heterocycles. The summed E-state index contributed by atoms with van der Waals surface area (Å²) in [6, 6.07) is 0. The van der Waals surface area contributed by atoms with Gasteiger partial charge in [-0.2, -0.15) is 0 Å². The third kappa shape index (κ3) is 2.40. The summed E-state index contributed by atoms with van der Waals surface area (Å²) in [5.74, 6) is -5.38. The Hall–Kier alpha value is -2.18. The van der Waals surface area contributed by atoms with Crippen molar-refractivity contribution >= 4 is 23.9 Å². The largest absolute Gasteiger partial charge is 0.463 e. The average Bonchev–Trinajstić information content (AvgIpc) is 2.13. The van der Waals surface area contributed by atoms with Gasteiger partial charge >= 0.3 is 23.9 Å². The third-order valence-electron chi connectivity index (χ3n) is 0.915. The van der Waals surface area contributed by atoms with Crippen LogP contribution in [0.5, 0.6) is 0 Å². The maximum Gasteiger partial charge on any atom is 0.463 e. The van der Waals surface area contributed by atoms with E-state index in [9.17, 15) is 19.2 Å². The standard InChI is InChI=1S/C6H2O7/c7-3-1-2-4(8)12-13-6(10)5(9)11-3/h1-2H/b2-1-. The van der Waals surface area contributed by atoms with Gasteiger partial charge in [-0.25, -0.2) is 29.0 Å². The van der Waals surface area contributed by atoms with Gasteiger partial charge in [-0.05, 0) is 0 Å². The van der Waals surface area contributed by atoms with Crippen molar-refractivity contribution in [1.29, 1.82) is 0 Å². The first-order valence-electron chi connectivity index (χ1n) is 2.96. The molecule has 0 aliphatic carbocycles. The van der Waals surface area contributed by atoms with Crippen LogP contribution in [0.25, 0.3) is 0 Å². The van der Waals surface area contributed by atoms with Crippen LogP contribution in [0, 0.1) is 0 Å². The zero-order valence-electron chi connectivity index (χ0n) is 6.01. The Bertz CT molecular complexity index is 313. The average molecular weight is 186 g/mol. The van der Waals surface area contributed by atoms with E-state index in [1.807, 2.05) is 0 Å². The van der Waals surface area contributed by atoms with Gasteiger partial charge in [0, 0.05) is 12.2 Å². The minimum Gasteiger partial charge on any atom is -0.381 e. The lowest BCUT2D eigenvalue weighted by atomic mass is 10.5. The molecule has 0 saturated carbocycles. The summed E-state index contributed by atoms with van der Waals surface area (Å²) in [6.07, 6.45) is 1.27. The molecular formula is C6H2O7. The van der Waals surface area contributed by atoms with Crippen LogP contribution in [0.15, 0.2) is 12.2 Å². The number of carbonyl (C=O) groups is 4. The van der Waals surface area contributed by atoms with Gasteiger partial charge in [-0.1, -0.05) is 0 Å². The Morgan fingerprint density at radius 1 is 0.769 bits per heavy atom. The molecule has 0 N–H and O–H groups in total. The van der Waals surface area contributed by atoms with Crippen LogP contribution in [-0.2, 0) is 33.7 Å². The van der Waals surface area contributed by atoms with Crippen LogP contribution in [0.3, 0.4) is 0 Å². The number of hydrogen-bond acceptors (Lipinski definition) is 7. The van der Waals surface area contributed by atoms with E-state index in [-0.39, 0.29) is 0 Å². The van der Waals surface area contributed by atoms with Gasteiger partial charge in [0.05, 0.1) is 0 Å². The number of cyclic esters (lactones) is 2. The molecule has 0 unspecified atom stereocenters. The maximum atomic E-state index is 10.5. The van der Waals surface area contributed by atoms with E-state index in [2.05, 4.69) is 14.5 Å². The van der Waals surface area contributed by atoms with Crippen LogP contribution in [-0.4, -0.2) is 23.9 Å². The molecule has 1 rings (SSSR count). The molecular weight excluding hydrogens is 184 g/mol. The fraction of sp³-hybridized carbons (Fsp3) is 0. The van der Waals surface area contributed by atoms with Gasteiger partial charge in [-0.3, -0.25) is 0 Å². The quantitative estimate of drug-likeness (QED) is 0.199. The van der Waals surface area contributed by atoms with Crippen LogP contribution in [0.4, 0.5) is 0 Å². The van der Waals surface area contributed by atoms with Gasteiger partial charge in [0.25, 0.3) is 0 Å². The van der Waals surface area contributed by atoms with E-state index in [1.165, 1.54) is 0 Å². The van der Waals surface area contributed by atoms with E-state index in [0.29, 0.717) is 12.2 Å². The van der Waals surface area contributed by atoms with Gasteiger partial charge in [0.2, 0.25) is 0 Å². The topological polar surface area (TPSA) is 96.0 Å². The molecule has 0 radical (unpaired) electrons. The zero-order chi connectivity index (χ0) is 9.84. The van der Waals surface area contributed by atoms with E-state index in [1.54, 1.807) is 0 Å². The van der Waals surface area contributed by atoms with Crippen molar-refractivity contribution in [2.75, 3.05) is 0 Å². The molecule has 68 valence electrons. The third-order valence-corrected chi connectivity index (χ3v) is 0.915.